The molecule has 1 aromatic carbocycles. The molecule has 4 rings (SSSR count). The highest BCUT2D eigenvalue weighted by molar-refractivity contribution is 5.88. The van der Waals surface area contributed by atoms with Crippen molar-refractivity contribution >= 4 is 11.8 Å². The fourth-order valence-electron chi connectivity index (χ4n) is 4.34. The van der Waals surface area contributed by atoms with Gasteiger partial charge in [0.25, 0.3) is 0 Å². The van der Waals surface area contributed by atoms with Gasteiger partial charge in [-0.2, -0.15) is 0 Å². The van der Waals surface area contributed by atoms with Crippen LogP contribution in [0.5, 0.6) is 0 Å². The van der Waals surface area contributed by atoms with Crippen LogP contribution in [0, 0.1) is 0 Å². The van der Waals surface area contributed by atoms with E-state index in [1.807, 2.05) is 42.6 Å². The van der Waals surface area contributed by atoms with E-state index in [9.17, 15) is 14.7 Å². The molecule has 0 saturated carbocycles. The van der Waals surface area contributed by atoms with Gasteiger partial charge in [-0.15, -0.1) is 0 Å². The Morgan fingerprint density at radius 3 is 2.68 bits per heavy atom. The van der Waals surface area contributed by atoms with Gasteiger partial charge in [0.15, 0.2) is 0 Å². The van der Waals surface area contributed by atoms with Gasteiger partial charge in [0.2, 0.25) is 11.8 Å². The third kappa shape index (κ3) is 3.16. The second kappa shape index (κ2) is 7.69. The zero-order valence-electron chi connectivity index (χ0n) is 15.7. The van der Waals surface area contributed by atoms with Crippen LogP contribution in [0.4, 0.5) is 0 Å². The van der Waals surface area contributed by atoms with Crippen LogP contribution < -0.4 is 0 Å². The molecule has 28 heavy (non-hydrogen) atoms. The van der Waals surface area contributed by atoms with E-state index in [-0.39, 0.29) is 49.6 Å². The molecule has 0 bridgehead atoms. The van der Waals surface area contributed by atoms with E-state index < -0.39 is 0 Å². The molecule has 2 aliphatic heterocycles. The fraction of sp³-hybridized carbons (Fsp3) is 0.381. The Morgan fingerprint density at radius 2 is 2.04 bits per heavy atom. The fourth-order valence-corrected chi connectivity index (χ4v) is 4.34. The maximum absolute atomic E-state index is 12.5. The SMILES string of the molecule is COCC(=O)N1CC(=O)N2[C@@H](CO)[C@@H](c3ccc(-c4cccnc4)cc3)[C@@H]2C1. The summed E-state index contributed by atoms with van der Waals surface area (Å²) in [4.78, 5) is 32.2. The molecule has 0 aliphatic carbocycles. The van der Waals surface area contributed by atoms with Crippen LogP contribution in [0.15, 0.2) is 48.8 Å². The number of hydrogen-bond acceptors (Lipinski definition) is 5. The number of aliphatic hydroxyl groups is 1. The number of aliphatic hydroxyl groups excluding tert-OH is 1. The van der Waals surface area contributed by atoms with Gasteiger partial charge in [0.05, 0.1) is 25.2 Å². The lowest BCUT2D eigenvalue weighted by Gasteiger charge is -2.58. The highest BCUT2D eigenvalue weighted by atomic mass is 16.5. The molecule has 1 aromatic heterocycles. The van der Waals surface area contributed by atoms with Crippen LogP contribution in [-0.2, 0) is 14.3 Å². The number of carbonyl (C=O) groups is 2. The normalized spacial score (nSPS) is 23.9. The van der Waals surface area contributed by atoms with Gasteiger partial charge in [-0.05, 0) is 22.8 Å². The Labute approximate surface area is 163 Å². The first-order chi connectivity index (χ1) is 13.6. The van der Waals surface area contributed by atoms with Gasteiger partial charge >= 0.3 is 0 Å². The molecule has 2 saturated heterocycles. The van der Waals surface area contributed by atoms with Crippen molar-refractivity contribution in [1.29, 1.82) is 0 Å². The van der Waals surface area contributed by atoms with E-state index in [1.54, 1.807) is 16.0 Å². The summed E-state index contributed by atoms with van der Waals surface area (Å²) >= 11 is 0. The topological polar surface area (TPSA) is 83.0 Å². The number of rotatable bonds is 5. The molecule has 2 aliphatic rings. The van der Waals surface area contributed by atoms with Crippen molar-refractivity contribution in [3.05, 3.63) is 54.4 Å². The van der Waals surface area contributed by atoms with Crippen LogP contribution in [0.25, 0.3) is 11.1 Å². The molecule has 146 valence electrons. The number of piperazine rings is 1. The Kier molecular flexibility index (Phi) is 5.11. The summed E-state index contributed by atoms with van der Waals surface area (Å²) in [5.74, 6) is -0.313. The molecule has 7 nitrogen and oxygen atoms in total. The van der Waals surface area contributed by atoms with Gasteiger partial charge in [0, 0.05) is 32.0 Å². The number of pyridine rings is 1. The number of ether oxygens (including phenoxy) is 1. The quantitative estimate of drug-likeness (QED) is 0.832. The maximum Gasteiger partial charge on any atom is 0.249 e. The van der Waals surface area contributed by atoms with Crippen molar-refractivity contribution in [2.24, 2.45) is 0 Å². The molecule has 1 N–H and O–H groups in total. The van der Waals surface area contributed by atoms with Crippen molar-refractivity contribution < 1.29 is 19.4 Å². The Bertz CT molecular complexity index is 856. The Hall–Kier alpha value is -2.77. The molecular weight excluding hydrogens is 358 g/mol. The number of carbonyl (C=O) groups excluding carboxylic acids is 2. The lowest BCUT2D eigenvalue weighted by Crippen LogP contribution is -2.73. The summed E-state index contributed by atoms with van der Waals surface area (Å²) in [6.45, 7) is 0.374. The van der Waals surface area contributed by atoms with Crippen LogP contribution in [0.1, 0.15) is 11.5 Å². The van der Waals surface area contributed by atoms with Crippen LogP contribution in [0.3, 0.4) is 0 Å². The average Bonchev–Trinajstić information content (AvgIpc) is 2.71. The number of hydrogen-bond donors (Lipinski definition) is 1. The summed E-state index contributed by atoms with van der Waals surface area (Å²) in [6, 6.07) is 11.7. The Morgan fingerprint density at radius 1 is 1.25 bits per heavy atom. The first kappa shape index (κ1) is 18.6. The number of amides is 2. The van der Waals surface area contributed by atoms with Crippen molar-refractivity contribution in [1.82, 2.24) is 14.8 Å². The molecule has 0 unspecified atom stereocenters. The number of benzene rings is 1. The van der Waals surface area contributed by atoms with E-state index in [0.717, 1.165) is 16.7 Å². The number of aromatic nitrogens is 1. The largest absolute Gasteiger partial charge is 0.394 e. The summed E-state index contributed by atoms with van der Waals surface area (Å²) in [5.41, 5.74) is 3.15. The van der Waals surface area contributed by atoms with Crippen molar-refractivity contribution in [2.75, 3.05) is 33.4 Å². The van der Waals surface area contributed by atoms with Gasteiger partial charge in [-0.1, -0.05) is 30.3 Å². The van der Waals surface area contributed by atoms with Crippen LogP contribution in [0.2, 0.25) is 0 Å². The molecule has 2 fully saturated rings. The molecule has 3 heterocycles. The highest BCUT2D eigenvalue weighted by Gasteiger charge is 2.54. The smallest absolute Gasteiger partial charge is 0.249 e. The Balaban J connectivity index is 1.56. The monoisotopic (exact) mass is 381 g/mol. The third-order valence-corrected chi connectivity index (χ3v) is 5.66. The lowest BCUT2D eigenvalue weighted by atomic mass is 9.73. The number of methoxy groups -OCH3 is 1. The molecule has 2 amide bonds. The summed E-state index contributed by atoms with van der Waals surface area (Å²) in [6.07, 6.45) is 3.55. The van der Waals surface area contributed by atoms with Crippen LogP contribution in [-0.4, -0.2) is 77.2 Å². The van der Waals surface area contributed by atoms with Crippen molar-refractivity contribution in [2.45, 2.75) is 18.0 Å². The van der Waals surface area contributed by atoms with E-state index in [1.165, 1.54) is 7.11 Å². The lowest BCUT2D eigenvalue weighted by molar-refractivity contribution is -0.168. The number of nitrogens with zero attached hydrogens (tertiary/aromatic N) is 3. The molecule has 7 heteroatoms. The van der Waals surface area contributed by atoms with Gasteiger partial charge < -0.3 is 19.6 Å². The predicted molar refractivity (Wildman–Crippen MR) is 102 cm³/mol. The third-order valence-electron chi connectivity index (χ3n) is 5.66. The minimum absolute atomic E-state index is 0.00459. The van der Waals surface area contributed by atoms with E-state index >= 15 is 0 Å². The summed E-state index contributed by atoms with van der Waals surface area (Å²) in [5, 5.41) is 9.86. The van der Waals surface area contributed by atoms with Crippen LogP contribution >= 0.6 is 0 Å². The first-order valence-electron chi connectivity index (χ1n) is 9.33. The van der Waals surface area contributed by atoms with Crippen molar-refractivity contribution in [3.63, 3.8) is 0 Å². The zero-order chi connectivity index (χ0) is 19.7. The van der Waals surface area contributed by atoms with Gasteiger partial charge in [0.1, 0.15) is 6.61 Å². The second-order valence-electron chi connectivity index (χ2n) is 7.22. The predicted octanol–water partition coefficient (Wildman–Crippen LogP) is 0.893. The van der Waals surface area contributed by atoms with Gasteiger partial charge in [-0.3, -0.25) is 14.6 Å². The highest BCUT2D eigenvalue weighted by Crippen LogP contribution is 2.43. The minimum atomic E-state index is -0.249. The zero-order valence-corrected chi connectivity index (χ0v) is 15.7. The van der Waals surface area contributed by atoms with Crippen molar-refractivity contribution in [3.8, 4) is 11.1 Å². The van der Waals surface area contributed by atoms with Gasteiger partial charge in [-0.25, -0.2) is 0 Å². The standard InChI is InChI=1S/C21H23N3O4/c1-28-13-20(27)23-10-17-21(18(12-25)24(17)19(26)11-23)15-6-4-14(5-7-15)16-3-2-8-22-9-16/h2-9,17-18,21,25H,10-13H2,1H3/t17-,18-,21-/m0/s1. The van der Waals surface area contributed by atoms with E-state index in [0.29, 0.717) is 6.54 Å². The molecular formula is C21H23N3O4. The second-order valence-corrected chi connectivity index (χ2v) is 7.22. The number of fused-ring (bicyclic) bond motifs is 1. The minimum Gasteiger partial charge on any atom is -0.394 e. The van der Waals surface area contributed by atoms with E-state index in [2.05, 4.69) is 4.98 Å². The van der Waals surface area contributed by atoms with E-state index in [4.69, 9.17) is 4.74 Å². The maximum atomic E-state index is 12.5. The molecule has 3 atom stereocenters. The molecule has 2 aromatic rings. The average molecular weight is 381 g/mol. The first-order valence-corrected chi connectivity index (χ1v) is 9.33. The molecule has 0 spiro atoms. The summed E-state index contributed by atoms with van der Waals surface area (Å²) in [7, 11) is 1.47. The summed E-state index contributed by atoms with van der Waals surface area (Å²) < 4.78 is 4.92. The molecule has 0 radical (unpaired) electrons.